The van der Waals surface area contributed by atoms with Crippen LogP contribution in [0.15, 0.2) is 65.6 Å². The lowest BCUT2D eigenvalue weighted by molar-refractivity contribution is -0.387. The maximum absolute atomic E-state index is 13.1. The van der Waals surface area contributed by atoms with Crippen LogP contribution < -0.4 is 5.32 Å². The van der Waals surface area contributed by atoms with Gasteiger partial charge in [-0.3, -0.25) is 19.7 Å². The first-order valence-electron chi connectivity index (χ1n) is 9.90. The molecule has 0 atom stereocenters. The molecule has 34 heavy (non-hydrogen) atoms. The van der Waals surface area contributed by atoms with E-state index in [1.165, 1.54) is 42.1 Å². The molecule has 8 nitrogen and oxygen atoms in total. The Hall–Kier alpha value is -3.69. The average Bonchev–Trinajstić information content (AvgIpc) is 2.83. The Bertz CT molecular complexity index is 1290. The number of carbonyl (C=O) groups excluding carboxylic acids is 3. The molecule has 3 aromatic rings. The number of carbonyl (C=O) groups is 3. The highest BCUT2D eigenvalue weighted by molar-refractivity contribution is 7.98. The summed E-state index contributed by atoms with van der Waals surface area (Å²) in [7, 11) is 0. The number of nitro benzene ring substituents is 1. The Morgan fingerprint density at radius 3 is 2.44 bits per heavy atom. The predicted molar refractivity (Wildman–Crippen MR) is 130 cm³/mol. The molecule has 0 aromatic heterocycles. The zero-order valence-corrected chi connectivity index (χ0v) is 19.7. The summed E-state index contributed by atoms with van der Waals surface area (Å²) in [4.78, 5) is 49.2. The molecule has 0 bridgehead atoms. The fourth-order valence-corrected chi connectivity index (χ4v) is 3.83. The second-order valence-electron chi connectivity index (χ2n) is 7.10. The van der Waals surface area contributed by atoms with Crippen LogP contribution in [0.2, 0.25) is 5.02 Å². The number of benzene rings is 3. The number of hydrogen-bond acceptors (Lipinski definition) is 7. The number of ketones is 1. The number of esters is 1. The normalized spacial score (nSPS) is 10.4. The molecule has 0 heterocycles. The number of ether oxygens (including phenoxy) is 1. The highest BCUT2D eigenvalue weighted by Gasteiger charge is 2.23. The van der Waals surface area contributed by atoms with E-state index in [2.05, 4.69) is 5.32 Å². The van der Waals surface area contributed by atoms with Gasteiger partial charge in [0.25, 0.3) is 11.6 Å². The minimum atomic E-state index is -0.878. The molecule has 10 heteroatoms. The second kappa shape index (κ2) is 11.0. The number of amides is 1. The Kier molecular flexibility index (Phi) is 8.04. The van der Waals surface area contributed by atoms with Gasteiger partial charge in [-0.05, 0) is 49.1 Å². The molecule has 0 radical (unpaired) electrons. The summed E-state index contributed by atoms with van der Waals surface area (Å²) < 4.78 is 5.11. The van der Waals surface area contributed by atoms with Crippen LogP contribution in [0, 0.1) is 17.0 Å². The van der Waals surface area contributed by atoms with E-state index in [9.17, 15) is 24.5 Å². The van der Waals surface area contributed by atoms with Crippen molar-refractivity contribution in [2.75, 3.05) is 18.2 Å². The number of rotatable bonds is 8. The third kappa shape index (κ3) is 5.81. The molecular weight excluding hydrogens is 480 g/mol. The molecule has 174 valence electrons. The zero-order chi connectivity index (χ0) is 24.8. The molecule has 0 saturated heterocycles. The molecule has 0 aliphatic rings. The largest absolute Gasteiger partial charge is 0.452 e. The maximum Gasteiger partial charge on any atom is 0.339 e. The van der Waals surface area contributed by atoms with Crippen LogP contribution in [-0.2, 0) is 9.53 Å². The van der Waals surface area contributed by atoms with Crippen molar-refractivity contribution in [2.45, 2.75) is 11.8 Å². The Balaban J connectivity index is 1.77. The molecular formula is C24H19ClN2O6S. The monoisotopic (exact) mass is 498 g/mol. The van der Waals surface area contributed by atoms with Gasteiger partial charge >= 0.3 is 5.97 Å². The van der Waals surface area contributed by atoms with Gasteiger partial charge in [0.05, 0.1) is 15.4 Å². The van der Waals surface area contributed by atoms with E-state index in [-0.39, 0.29) is 22.4 Å². The number of nitrogens with zero attached hydrogens (tertiary/aromatic N) is 1. The van der Waals surface area contributed by atoms with Crippen LogP contribution in [0.5, 0.6) is 0 Å². The summed E-state index contributed by atoms with van der Waals surface area (Å²) in [6.07, 6.45) is 1.69. The van der Waals surface area contributed by atoms with Gasteiger partial charge in [0.15, 0.2) is 12.4 Å². The molecule has 0 spiro atoms. The van der Waals surface area contributed by atoms with Crippen molar-refractivity contribution in [1.29, 1.82) is 0 Å². The minimum Gasteiger partial charge on any atom is -0.452 e. The molecule has 3 rings (SSSR count). The van der Waals surface area contributed by atoms with Crippen molar-refractivity contribution in [3.05, 3.63) is 98.1 Å². The summed E-state index contributed by atoms with van der Waals surface area (Å²) >= 11 is 7.13. The van der Waals surface area contributed by atoms with Gasteiger partial charge in [-0.25, -0.2) is 4.79 Å². The van der Waals surface area contributed by atoms with E-state index in [4.69, 9.17) is 16.3 Å². The number of anilines is 1. The topological polar surface area (TPSA) is 116 Å². The smallest absolute Gasteiger partial charge is 0.339 e. The zero-order valence-electron chi connectivity index (χ0n) is 18.2. The fraction of sp³-hybridized carbons (Fsp3) is 0.125. The van der Waals surface area contributed by atoms with Crippen molar-refractivity contribution in [3.63, 3.8) is 0 Å². The summed E-state index contributed by atoms with van der Waals surface area (Å²) in [6.45, 7) is 1.21. The molecule has 0 aliphatic carbocycles. The van der Waals surface area contributed by atoms with Gasteiger partial charge < -0.3 is 10.1 Å². The van der Waals surface area contributed by atoms with E-state index >= 15 is 0 Å². The highest BCUT2D eigenvalue weighted by Crippen LogP contribution is 2.29. The standard InChI is InChI=1S/C24H19ClN2O6S/c1-14-7-9-16(25)12-19(14)26-22(28)13-33-24(30)18-6-4-3-5-17(18)23(29)15-8-10-21(34-2)20(11-15)27(31)32/h3-12H,13H2,1-2H3,(H,26,28). The lowest BCUT2D eigenvalue weighted by atomic mass is 9.98. The third-order valence-corrected chi connectivity index (χ3v) is 5.86. The van der Waals surface area contributed by atoms with Crippen LogP contribution >= 0.6 is 23.4 Å². The highest BCUT2D eigenvalue weighted by atomic mass is 35.5. The summed E-state index contributed by atoms with van der Waals surface area (Å²) in [5.41, 5.74) is 1.06. The van der Waals surface area contributed by atoms with Gasteiger partial charge in [0, 0.05) is 27.9 Å². The van der Waals surface area contributed by atoms with E-state index in [0.717, 1.165) is 5.56 Å². The van der Waals surface area contributed by atoms with Crippen molar-refractivity contribution < 1.29 is 24.0 Å². The lowest BCUT2D eigenvalue weighted by Crippen LogP contribution is -2.22. The van der Waals surface area contributed by atoms with Crippen LogP contribution in [0.25, 0.3) is 0 Å². The molecule has 1 amide bonds. The average molecular weight is 499 g/mol. The molecule has 0 aliphatic heterocycles. The number of nitrogens with one attached hydrogen (secondary N) is 1. The molecule has 1 N–H and O–H groups in total. The minimum absolute atomic E-state index is 0.00444. The quantitative estimate of drug-likeness (QED) is 0.147. The van der Waals surface area contributed by atoms with E-state index in [0.29, 0.717) is 15.6 Å². The molecule has 0 saturated carbocycles. The Morgan fingerprint density at radius 1 is 1.06 bits per heavy atom. The fourth-order valence-electron chi connectivity index (χ4n) is 3.11. The van der Waals surface area contributed by atoms with Crippen molar-refractivity contribution in [3.8, 4) is 0 Å². The molecule has 0 unspecified atom stereocenters. The summed E-state index contributed by atoms with van der Waals surface area (Å²) in [6, 6.07) is 15.0. The summed E-state index contributed by atoms with van der Waals surface area (Å²) in [5, 5.41) is 14.4. The molecule has 0 fully saturated rings. The van der Waals surface area contributed by atoms with E-state index < -0.39 is 29.2 Å². The third-order valence-electron chi connectivity index (χ3n) is 4.84. The first kappa shape index (κ1) is 24.9. The number of nitro groups is 1. The number of thioether (sulfide) groups is 1. The van der Waals surface area contributed by atoms with E-state index in [1.54, 1.807) is 43.5 Å². The van der Waals surface area contributed by atoms with Gasteiger partial charge in [0.1, 0.15) is 0 Å². The maximum atomic E-state index is 13.1. The van der Waals surface area contributed by atoms with Crippen LogP contribution in [0.4, 0.5) is 11.4 Å². The van der Waals surface area contributed by atoms with Gasteiger partial charge in [-0.2, -0.15) is 0 Å². The predicted octanol–water partition coefficient (Wildman–Crippen LogP) is 5.31. The van der Waals surface area contributed by atoms with Crippen molar-refractivity contribution >= 4 is 52.4 Å². The first-order chi connectivity index (χ1) is 16.2. The number of halogens is 1. The lowest BCUT2D eigenvalue weighted by Gasteiger charge is -2.11. The van der Waals surface area contributed by atoms with Gasteiger partial charge in [-0.15, -0.1) is 11.8 Å². The van der Waals surface area contributed by atoms with Crippen LogP contribution in [0.3, 0.4) is 0 Å². The Morgan fingerprint density at radius 2 is 1.76 bits per heavy atom. The van der Waals surface area contributed by atoms with Crippen LogP contribution in [-0.4, -0.2) is 35.4 Å². The Labute approximate surface area is 204 Å². The van der Waals surface area contributed by atoms with Crippen LogP contribution in [0.1, 0.15) is 31.8 Å². The molecule has 3 aromatic carbocycles. The SMILES string of the molecule is CSc1ccc(C(=O)c2ccccc2C(=O)OCC(=O)Nc2cc(Cl)ccc2C)cc1[N+](=O)[O-]. The number of hydrogen-bond donors (Lipinski definition) is 1. The number of aryl methyl sites for hydroxylation is 1. The summed E-state index contributed by atoms with van der Waals surface area (Å²) in [5.74, 6) is -2.04. The van der Waals surface area contributed by atoms with Crippen molar-refractivity contribution in [1.82, 2.24) is 0 Å². The first-order valence-corrected chi connectivity index (χ1v) is 11.5. The van der Waals surface area contributed by atoms with Gasteiger partial charge in [-0.1, -0.05) is 35.9 Å². The van der Waals surface area contributed by atoms with E-state index in [1.807, 2.05) is 0 Å². The van der Waals surface area contributed by atoms with Gasteiger partial charge in [0.2, 0.25) is 0 Å². The second-order valence-corrected chi connectivity index (χ2v) is 8.39. The van der Waals surface area contributed by atoms with Crippen molar-refractivity contribution in [2.24, 2.45) is 0 Å².